The van der Waals surface area contributed by atoms with Crippen molar-refractivity contribution in [3.05, 3.63) is 66.0 Å². The molecule has 0 heterocycles. The zero-order valence-electron chi connectivity index (χ0n) is 18.6. The molecule has 0 fully saturated rings. The van der Waals surface area contributed by atoms with Crippen LogP contribution in [-0.4, -0.2) is 50.5 Å². The Bertz CT molecular complexity index is 1010. The first kappa shape index (κ1) is 25.3. The summed E-state index contributed by atoms with van der Waals surface area (Å²) in [5, 5.41) is 2.81. The number of nitrogens with one attached hydrogen (secondary N) is 1. The lowest BCUT2D eigenvalue weighted by molar-refractivity contribution is -0.139. The minimum Gasteiger partial charge on any atom is -0.354 e. The lowest BCUT2D eigenvalue weighted by atomic mass is 10.1. The third-order valence-corrected chi connectivity index (χ3v) is 6.11. The van der Waals surface area contributed by atoms with Gasteiger partial charge in [0.1, 0.15) is 18.4 Å². The quantitative estimate of drug-likeness (QED) is 0.519. The van der Waals surface area contributed by atoms with E-state index in [2.05, 4.69) is 5.32 Å². The standard InChI is InChI=1S/C23H30FN3O4S/c1-4-5-14-25-23(29)18(2)26(16-19-10-7-6-8-11-19)22(28)17-27(32(3,30)31)21-13-9-12-20(24)15-21/h6-13,15,18H,4-5,14,16-17H2,1-3H3,(H,25,29)/t18-/m0/s1. The zero-order chi connectivity index (χ0) is 23.7. The van der Waals surface area contributed by atoms with Crippen molar-refractivity contribution in [1.29, 1.82) is 0 Å². The van der Waals surface area contributed by atoms with Crippen molar-refractivity contribution in [3.8, 4) is 0 Å². The van der Waals surface area contributed by atoms with Crippen LogP contribution in [0.15, 0.2) is 54.6 Å². The molecule has 1 N–H and O–H groups in total. The van der Waals surface area contributed by atoms with Gasteiger partial charge in [-0.2, -0.15) is 0 Å². The maximum Gasteiger partial charge on any atom is 0.244 e. The molecular weight excluding hydrogens is 433 g/mol. The van der Waals surface area contributed by atoms with Gasteiger partial charge in [0.15, 0.2) is 0 Å². The number of sulfonamides is 1. The average Bonchev–Trinajstić information content (AvgIpc) is 2.75. The van der Waals surface area contributed by atoms with Crippen molar-refractivity contribution in [3.63, 3.8) is 0 Å². The van der Waals surface area contributed by atoms with Crippen molar-refractivity contribution in [2.45, 2.75) is 39.3 Å². The van der Waals surface area contributed by atoms with E-state index in [9.17, 15) is 22.4 Å². The highest BCUT2D eigenvalue weighted by Gasteiger charge is 2.30. The molecule has 0 radical (unpaired) electrons. The van der Waals surface area contributed by atoms with Crippen molar-refractivity contribution >= 4 is 27.5 Å². The Labute approximate surface area is 189 Å². The molecule has 0 aliphatic carbocycles. The topological polar surface area (TPSA) is 86.8 Å². The van der Waals surface area contributed by atoms with Crippen LogP contribution < -0.4 is 9.62 Å². The Morgan fingerprint density at radius 2 is 1.78 bits per heavy atom. The van der Waals surface area contributed by atoms with Gasteiger partial charge in [0.05, 0.1) is 11.9 Å². The Morgan fingerprint density at radius 1 is 1.09 bits per heavy atom. The molecule has 0 aliphatic rings. The number of carbonyl (C=O) groups excluding carboxylic acids is 2. The van der Waals surface area contributed by atoms with Crippen LogP contribution in [0.5, 0.6) is 0 Å². The van der Waals surface area contributed by atoms with E-state index in [1.807, 2.05) is 37.3 Å². The summed E-state index contributed by atoms with van der Waals surface area (Å²) in [4.78, 5) is 27.3. The summed E-state index contributed by atoms with van der Waals surface area (Å²) in [7, 11) is -3.88. The number of anilines is 1. The minimum atomic E-state index is -3.88. The number of halogens is 1. The first-order chi connectivity index (χ1) is 15.1. The van der Waals surface area contributed by atoms with Crippen LogP contribution in [0, 0.1) is 5.82 Å². The number of amides is 2. The van der Waals surface area contributed by atoms with Gasteiger partial charge in [0.2, 0.25) is 21.8 Å². The first-order valence-corrected chi connectivity index (χ1v) is 12.3. The van der Waals surface area contributed by atoms with Gasteiger partial charge in [-0.3, -0.25) is 13.9 Å². The Balaban J connectivity index is 2.31. The van der Waals surface area contributed by atoms with Gasteiger partial charge < -0.3 is 10.2 Å². The van der Waals surface area contributed by atoms with E-state index in [-0.39, 0.29) is 18.1 Å². The Kier molecular flexibility index (Phi) is 9.19. The third kappa shape index (κ3) is 7.33. The number of rotatable bonds is 11. The molecule has 0 saturated heterocycles. The summed E-state index contributed by atoms with van der Waals surface area (Å²) in [6, 6.07) is 13.3. The lowest BCUT2D eigenvalue weighted by Gasteiger charge is -2.31. The molecule has 2 rings (SSSR count). The van der Waals surface area contributed by atoms with Crippen LogP contribution in [0.4, 0.5) is 10.1 Å². The molecular formula is C23H30FN3O4S. The average molecular weight is 464 g/mol. The van der Waals surface area contributed by atoms with E-state index in [0.29, 0.717) is 6.54 Å². The van der Waals surface area contributed by atoms with Crippen molar-refractivity contribution in [1.82, 2.24) is 10.2 Å². The van der Waals surface area contributed by atoms with Crippen molar-refractivity contribution in [2.24, 2.45) is 0 Å². The summed E-state index contributed by atoms with van der Waals surface area (Å²) in [6.07, 6.45) is 2.68. The van der Waals surface area contributed by atoms with Crippen LogP contribution in [0.3, 0.4) is 0 Å². The number of unbranched alkanes of at least 4 members (excludes halogenated alkanes) is 1. The Hall–Kier alpha value is -2.94. The largest absolute Gasteiger partial charge is 0.354 e. The maximum absolute atomic E-state index is 13.7. The van der Waals surface area contributed by atoms with Crippen LogP contribution in [-0.2, 0) is 26.2 Å². The van der Waals surface area contributed by atoms with E-state index in [1.165, 1.54) is 23.1 Å². The highest BCUT2D eigenvalue weighted by molar-refractivity contribution is 7.92. The lowest BCUT2D eigenvalue weighted by Crippen LogP contribution is -2.51. The molecule has 0 aromatic heterocycles. The molecule has 32 heavy (non-hydrogen) atoms. The van der Waals surface area contributed by atoms with E-state index >= 15 is 0 Å². The molecule has 2 amide bonds. The maximum atomic E-state index is 13.7. The zero-order valence-corrected chi connectivity index (χ0v) is 19.4. The van der Waals surface area contributed by atoms with Gasteiger partial charge in [-0.1, -0.05) is 49.7 Å². The molecule has 0 bridgehead atoms. The molecule has 2 aromatic carbocycles. The molecule has 0 spiro atoms. The monoisotopic (exact) mass is 463 g/mol. The normalized spacial score (nSPS) is 12.1. The van der Waals surface area contributed by atoms with Gasteiger partial charge in [-0.25, -0.2) is 12.8 Å². The summed E-state index contributed by atoms with van der Waals surface area (Å²) < 4.78 is 39.3. The SMILES string of the molecule is CCCCNC(=O)[C@H](C)N(Cc1ccccc1)C(=O)CN(c1cccc(F)c1)S(C)(=O)=O. The van der Waals surface area contributed by atoms with Crippen LogP contribution in [0.2, 0.25) is 0 Å². The summed E-state index contributed by atoms with van der Waals surface area (Å²) in [5.41, 5.74) is 0.839. The highest BCUT2D eigenvalue weighted by atomic mass is 32.2. The fourth-order valence-electron chi connectivity index (χ4n) is 3.14. The van der Waals surface area contributed by atoms with Crippen LogP contribution >= 0.6 is 0 Å². The second-order valence-electron chi connectivity index (χ2n) is 7.58. The number of carbonyl (C=O) groups is 2. The molecule has 9 heteroatoms. The molecule has 174 valence electrons. The van der Waals surface area contributed by atoms with E-state index in [0.717, 1.165) is 35.0 Å². The summed E-state index contributed by atoms with van der Waals surface area (Å²) >= 11 is 0. The van der Waals surface area contributed by atoms with Crippen molar-refractivity contribution < 1.29 is 22.4 Å². The molecule has 2 aromatic rings. The summed E-state index contributed by atoms with van der Waals surface area (Å²) in [6.45, 7) is 3.68. The summed E-state index contributed by atoms with van der Waals surface area (Å²) in [5.74, 6) is -1.51. The number of hydrogen-bond acceptors (Lipinski definition) is 4. The second-order valence-corrected chi connectivity index (χ2v) is 9.48. The predicted octanol–water partition coefficient (Wildman–Crippen LogP) is 2.93. The van der Waals surface area contributed by atoms with Gasteiger partial charge in [0, 0.05) is 13.1 Å². The minimum absolute atomic E-state index is 0.0422. The van der Waals surface area contributed by atoms with Gasteiger partial charge in [0.25, 0.3) is 0 Å². The Morgan fingerprint density at radius 3 is 2.38 bits per heavy atom. The third-order valence-electron chi connectivity index (χ3n) is 4.97. The fourth-order valence-corrected chi connectivity index (χ4v) is 3.99. The van der Waals surface area contributed by atoms with Crippen molar-refractivity contribution in [2.75, 3.05) is 23.7 Å². The predicted molar refractivity (Wildman–Crippen MR) is 123 cm³/mol. The van der Waals surface area contributed by atoms with E-state index in [1.54, 1.807) is 6.92 Å². The number of benzene rings is 2. The molecule has 1 atom stereocenters. The molecule has 0 unspecified atom stereocenters. The molecule has 7 nitrogen and oxygen atoms in total. The van der Waals surface area contributed by atoms with Crippen LogP contribution in [0.25, 0.3) is 0 Å². The number of nitrogens with zero attached hydrogens (tertiary/aromatic N) is 2. The van der Waals surface area contributed by atoms with Gasteiger partial charge in [-0.15, -0.1) is 0 Å². The highest BCUT2D eigenvalue weighted by Crippen LogP contribution is 2.20. The fraction of sp³-hybridized carbons (Fsp3) is 0.391. The number of hydrogen-bond donors (Lipinski definition) is 1. The smallest absolute Gasteiger partial charge is 0.244 e. The first-order valence-electron chi connectivity index (χ1n) is 10.5. The molecule has 0 aliphatic heterocycles. The van der Waals surface area contributed by atoms with E-state index < -0.39 is 34.3 Å². The molecule has 0 saturated carbocycles. The van der Waals surface area contributed by atoms with Crippen LogP contribution in [0.1, 0.15) is 32.3 Å². The second kappa shape index (κ2) is 11.6. The van der Waals surface area contributed by atoms with Gasteiger partial charge in [-0.05, 0) is 37.1 Å². The van der Waals surface area contributed by atoms with E-state index in [4.69, 9.17) is 0 Å². The van der Waals surface area contributed by atoms with Gasteiger partial charge >= 0.3 is 0 Å².